The zero-order chi connectivity index (χ0) is 13.8. The largest absolute Gasteiger partial charge is 0.330 e. The Hall–Kier alpha value is -0.450. The molecule has 0 aliphatic heterocycles. The lowest BCUT2D eigenvalue weighted by Gasteiger charge is -2.31. The lowest BCUT2D eigenvalue weighted by molar-refractivity contribution is 0.182. The number of rotatable bonds is 6. The monoisotopic (exact) mass is 316 g/mol. The Kier molecular flexibility index (Phi) is 5.76. The lowest BCUT2D eigenvalue weighted by Crippen LogP contribution is -2.38. The van der Waals surface area contributed by atoms with E-state index in [1.165, 1.54) is 6.07 Å². The summed E-state index contributed by atoms with van der Waals surface area (Å²) in [6.07, 6.45) is 0. The van der Waals surface area contributed by atoms with E-state index in [0.717, 1.165) is 23.1 Å². The highest BCUT2D eigenvalue weighted by atomic mass is 79.9. The van der Waals surface area contributed by atoms with Crippen molar-refractivity contribution in [2.75, 3.05) is 19.6 Å². The summed E-state index contributed by atoms with van der Waals surface area (Å²) in [6, 6.07) is 5.22. The molecule has 18 heavy (non-hydrogen) atoms. The number of benzene rings is 1. The van der Waals surface area contributed by atoms with Gasteiger partial charge in [-0.05, 0) is 30.6 Å². The Balaban J connectivity index is 2.74. The van der Waals surface area contributed by atoms with Crippen molar-refractivity contribution in [2.45, 2.75) is 27.3 Å². The van der Waals surface area contributed by atoms with E-state index in [1.54, 1.807) is 0 Å². The van der Waals surface area contributed by atoms with Gasteiger partial charge < -0.3 is 5.73 Å². The minimum atomic E-state index is -0.159. The van der Waals surface area contributed by atoms with Gasteiger partial charge in [0.25, 0.3) is 0 Å². The van der Waals surface area contributed by atoms with Gasteiger partial charge in [-0.3, -0.25) is 4.90 Å². The first-order valence-corrected chi connectivity index (χ1v) is 7.03. The van der Waals surface area contributed by atoms with E-state index < -0.39 is 0 Å². The van der Waals surface area contributed by atoms with Crippen LogP contribution in [0.25, 0.3) is 0 Å². The molecular formula is C14H22BrFN2. The summed E-state index contributed by atoms with van der Waals surface area (Å²) in [5, 5.41) is 0. The molecule has 0 spiro atoms. The highest BCUT2D eigenvalue weighted by Gasteiger charge is 2.20. The van der Waals surface area contributed by atoms with Gasteiger partial charge in [0.1, 0.15) is 5.82 Å². The van der Waals surface area contributed by atoms with Crippen molar-refractivity contribution in [2.24, 2.45) is 11.1 Å². The topological polar surface area (TPSA) is 29.3 Å². The molecule has 4 heteroatoms. The van der Waals surface area contributed by atoms with E-state index in [0.29, 0.717) is 13.1 Å². The quantitative estimate of drug-likeness (QED) is 0.871. The molecule has 0 fully saturated rings. The number of hydrogen-bond donors (Lipinski definition) is 1. The molecule has 0 bridgehead atoms. The summed E-state index contributed by atoms with van der Waals surface area (Å²) in [6.45, 7) is 9.37. The fourth-order valence-corrected chi connectivity index (χ4v) is 2.17. The highest BCUT2D eigenvalue weighted by Crippen LogP contribution is 2.20. The minimum absolute atomic E-state index is 0.0574. The third kappa shape index (κ3) is 4.67. The van der Waals surface area contributed by atoms with Gasteiger partial charge in [-0.1, -0.05) is 42.8 Å². The number of nitrogens with two attached hydrogens (primary N) is 1. The van der Waals surface area contributed by atoms with Crippen LogP contribution in [0.2, 0.25) is 0 Å². The maximum Gasteiger partial charge on any atom is 0.128 e. The van der Waals surface area contributed by atoms with Gasteiger partial charge in [0, 0.05) is 23.1 Å². The zero-order valence-electron chi connectivity index (χ0n) is 11.3. The second-order valence-electron chi connectivity index (χ2n) is 5.41. The third-order valence-electron chi connectivity index (χ3n) is 3.06. The van der Waals surface area contributed by atoms with Crippen LogP contribution in [0.1, 0.15) is 26.3 Å². The molecule has 2 nitrogen and oxygen atoms in total. The average molecular weight is 317 g/mol. The van der Waals surface area contributed by atoms with Gasteiger partial charge in [-0.2, -0.15) is 0 Å². The SMILES string of the molecule is CCN(Cc1ccc(Br)cc1F)CC(C)(C)CN. The zero-order valence-corrected chi connectivity index (χ0v) is 12.9. The van der Waals surface area contributed by atoms with E-state index in [1.807, 2.05) is 12.1 Å². The fourth-order valence-electron chi connectivity index (χ4n) is 1.84. The minimum Gasteiger partial charge on any atom is -0.330 e. The molecule has 0 amide bonds. The van der Waals surface area contributed by atoms with Crippen molar-refractivity contribution < 1.29 is 4.39 Å². The Morgan fingerprint density at radius 3 is 2.56 bits per heavy atom. The number of nitrogens with zero attached hydrogens (tertiary/aromatic N) is 1. The van der Waals surface area contributed by atoms with Gasteiger partial charge in [0.15, 0.2) is 0 Å². The molecule has 0 aliphatic rings. The van der Waals surface area contributed by atoms with Gasteiger partial charge >= 0.3 is 0 Å². The summed E-state index contributed by atoms with van der Waals surface area (Å²) in [5.41, 5.74) is 6.53. The van der Waals surface area contributed by atoms with Crippen LogP contribution in [0.3, 0.4) is 0 Å². The highest BCUT2D eigenvalue weighted by molar-refractivity contribution is 9.10. The summed E-state index contributed by atoms with van der Waals surface area (Å²) >= 11 is 3.27. The Bertz CT molecular complexity index is 393. The maximum absolute atomic E-state index is 13.8. The predicted octanol–water partition coefficient (Wildman–Crippen LogP) is 3.40. The predicted molar refractivity (Wildman–Crippen MR) is 77.9 cm³/mol. The molecule has 0 heterocycles. The summed E-state index contributed by atoms with van der Waals surface area (Å²) in [5.74, 6) is -0.159. The first-order valence-electron chi connectivity index (χ1n) is 6.24. The lowest BCUT2D eigenvalue weighted by atomic mass is 9.93. The van der Waals surface area contributed by atoms with Crippen LogP contribution < -0.4 is 5.73 Å². The second kappa shape index (κ2) is 6.64. The van der Waals surface area contributed by atoms with Crippen molar-refractivity contribution in [1.29, 1.82) is 0 Å². The molecule has 102 valence electrons. The Morgan fingerprint density at radius 1 is 1.39 bits per heavy atom. The van der Waals surface area contributed by atoms with Gasteiger partial charge in [0.2, 0.25) is 0 Å². The van der Waals surface area contributed by atoms with Crippen LogP contribution in [-0.2, 0) is 6.54 Å². The first-order chi connectivity index (χ1) is 8.38. The van der Waals surface area contributed by atoms with Gasteiger partial charge in [-0.15, -0.1) is 0 Å². The second-order valence-corrected chi connectivity index (χ2v) is 6.32. The van der Waals surface area contributed by atoms with Gasteiger partial charge in [-0.25, -0.2) is 4.39 Å². The fraction of sp³-hybridized carbons (Fsp3) is 0.571. The summed E-state index contributed by atoms with van der Waals surface area (Å²) in [7, 11) is 0. The molecule has 0 saturated carbocycles. The summed E-state index contributed by atoms with van der Waals surface area (Å²) < 4.78 is 14.6. The number of hydrogen-bond acceptors (Lipinski definition) is 2. The smallest absolute Gasteiger partial charge is 0.128 e. The van der Waals surface area contributed by atoms with Crippen LogP contribution in [-0.4, -0.2) is 24.5 Å². The van der Waals surface area contributed by atoms with Crippen LogP contribution in [0, 0.1) is 11.2 Å². The Morgan fingerprint density at radius 2 is 2.06 bits per heavy atom. The van der Waals surface area contributed by atoms with Crippen molar-refractivity contribution in [3.63, 3.8) is 0 Å². The molecule has 1 aromatic carbocycles. The average Bonchev–Trinajstić information content (AvgIpc) is 2.31. The molecule has 1 rings (SSSR count). The molecule has 0 aromatic heterocycles. The molecule has 0 saturated heterocycles. The standard InChI is InChI=1S/C14H22BrFN2/c1-4-18(10-14(2,3)9-17)8-11-5-6-12(15)7-13(11)16/h5-7H,4,8-10,17H2,1-3H3. The van der Waals surface area contributed by atoms with Crippen molar-refractivity contribution in [1.82, 2.24) is 4.90 Å². The molecule has 0 atom stereocenters. The molecule has 0 aliphatic carbocycles. The maximum atomic E-state index is 13.8. The molecule has 1 aromatic rings. The molecular weight excluding hydrogens is 295 g/mol. The van der Waals surface area contributed by atoms with Crippen molar-refractivity contribution in [3.05, 3.63) is 34.1 Å². The number of halogens is 2. The summed E-state index contributed by atoms with van der Waals surface area (Å²) in [4.78, 5) is 2.22. The normalized spacial score (nSPS) is 12.2. The van der Waals surface area contributed by atoms with Gasteiger partial charge in [0.05, 0.1) is 0 Å². The van der Waals surface area contributed by atoms with Crippen LogP contribution in [0.15, 0.2) is 22.7 Å². The third-order valence-corrected chi connectivity index (χ3v) is 3.55. The van der Waals surface area contributed by atoms with E-state index >= 15 is 0 Å². The van der Waals surface area contributed by atoms with Crippen LogP contribution in [0.4, 0.5) is 4.39 Å². The molecule has 0 unspecified atom stereocenters. The van der Waals surface area contributed by atoms with Crippen LogP contribution >= 0.6 is 15.9 Å². The van der Waals surface area contributed by atoms with Crippen LogP contribution in [0.5, 0.6) is 0 Å². The van der Waals surface area contributed by atoms with E-state index in [4.69, 9.17) is 5.73 Å². The van der Waals surface area contributed by atoms with E-state index in [9.17, 15) is 4.39 Å². The first kappa shape index (κ1) is 15.6. The van der Waals surface area contributed by atoms with Crippen molar-refractivity contribution >= 4 is 15.9 Å². The van der Waals surface area contributed by atoms with Crippen molar-refractivity contribution in [3.8, 4) is 0 Å². The van der Waals surface area contributed by atoms with E-state index in [2.05, 4.69) is 41.6 Å². The Labute approximate surface area is 117 Å². The molecule has 0 radical (unpaired) electrons. The van der Waals surface area contributed by atoms with E-state index in [-0.39, 0.29) is 11.2 Å². The molecule has 2 N–H and O–H groups in total.